The third-order valence-electron chi connectivity index (χ3n) is 3.12. The van der Waals surface area contributed by atoms with Crippen molar-refractivity contribution in [3.05, 3.63) is 28.7 Å². The van der Waals surface area contributed by atoms with E-state index in [0.717, 1.165) is 36.2 Å². The second-order valence-electron chi connectivity index (χ2n) is 4.60. The van der Waals surface area contributed by atoms with Crippen molar-refractivity contribution in [1.82, 2.24) is 4.90 Å². The van der Waals surface area contributed by atoms with E-state index in [-0.39, 0.29) is 5.91 Å². The van der Waals surface area contributed by atoms with Gasteiger partial charge in [0.15, 0.2) is 6.10 Å². The molecule has 0 radical (unpaired) electrons. The highest BCUT2D eigenvalue weighted by Crippen LogP contribution is 2.20. The Morgan fingerprint density at radius 3 is 2.72 bits per heavy atom. The summed E-state index contributed by atoms with van der Waals surface area (Å²) in [6.07, 6.45) is 3.02. The highest BCUT2D eigenvalue weighted by Gasteiger charge is 2.23. The Morgan fingerprint density at radius 2 is 2.06 bits per heavy atom. The Morgan fingerprint density at radius 1 is 1.33 bits per heavy atom. The summed E-state index contributed by atoms with van der Waals surface area (Å²) in [5.41, 5.74) is 0. The van der Waals surface area contributed by atoms with Crippen LogP contribution in [-0.2, 0) is 4.79 Å². The summed E-state index contributed by atoms with van der Waals surface area (Å²) in [5, 5.41) is 0. The van der Waals surface area contributed by atoms with Crippen molar-refractivity contribution in [3.8, 4) is 5.75 Å². The monoisotopic (exact) mass is 311 g/mol. The van der Waals surface area contributed by atoms with E-state index in [1.165, 1.54) is 6.42 Å². The van der Waals surface area contributed by atoms with Crippen LogP contribution in [0.2, 0.25) is 0 Å². The molecule has 3 nitrogen and oxygen atoms in total. The fourth-order valence-electron chi connectivity index (χ4n) is 2.17. The highest BCUT2D eigenvalue weighted by atomic mass is 79.9. The molecule has 0 N–H and O–H groups in total. The Kier molecular flexibility index (Phi) is 4.64. The molecule has 0 bridgehead atoms. The number of benzene rings is 1. The van der Waals surface area contributed by atoms with Crippen molar-refractivity contribution >= 4 is 21.8 Å². The molecule has 2 rings (SSSR count). The van der Waals surface area contributed by atoms with Crippen molar-refractivity contribution in [2.24, 2.45) is 0 Å². The number of rotatable bonds is 3. The number of carbonyl (C=O) groups is 1. The van der Waals surface area contributed by atoms with Crippen LogP contribution in [0.15, 0.2) is 28.7 Å². The molecule has 4 heteroatoms. The molecule has 0 spiro atoms. The predicted molar refractivity (Wildman–Crippen MR) is 74.7 cm³/mol. The number of likely N-dealkylation sites (tertiary alicyclic amines) is 1. The van der Waals surface area contributed by atoms with Gasteiger partial charge in [-0.05, 0) is 44.4 Å². The molecule has 1 aromatic carbocycles. The molecule has 0 saturated carbocycles. The Hall–Kier alpha value is -1.03. The summed E-state index contributed by atoms with van der Waals surface area (Å²) in [5.74, 6) is 0.817. The van der Waals surface area contributed by atoms with Gasteiger partial charge in [0.1, 0.15) is 5.75 Å². The first kappa shape index (κ1) is 13.4. The zero-order valence-electron chi connectivity index (χ0n) is 10.6. The summed E-state index contributed by atoms with van der Waals surface area (Å²) < 4.78 is 6.65. The van der Waals surface area contributed by atoms with Crippen LogP contribution in [-0.4, -0.2) is 30.0 Å². The molecule has 1 saturated heterocycles. The molecule has 1 aliphatic rings. The van der Waals surface area contributed by atoms with Gasteiger partial charge in [-0.15, -0.1) is 0 Å². The maximum absolute atomic E-state index is 12.2. The first-order valence-electron chi connectivity index (χ1n) is 6.38. The maximum Gasteiger partial charge on any atom is 0.263 e. The van der Waals surface area contributed by atoms with Crippen molar-refractivity contribution in [3.63, 3.8) is 0 Å². The zero-order valence-corrected chi connectivity index (χ0v) is 12.1. The molecular formula is C14H18BrNO2. The van der Waals surface area contributed by atoms with Crippen LogP contribution in [0.1, 0.15) is 26.2 Å². The van der Waals surface area contributed by atoms with E-state index in [4.69, 9.17) is 4.74 Å². The van der Waals surface area contributed by atoms with Crippen LogP contribution in [0.5, 0.6) is 5.75 Å². The lowest BCUT2D eigenvalue weighted by atomic mass is 10.1. The number of nitrogens with zero attached hydrogens (tertiary/aromatic N) is 1. The lowest BCUT2D eigenvalue weighted by molar-refractivity contribution is -0.138. The normalized spacial score (nSPS) is 17.3. The summed E-state index contributed by atoms with van der Waals surface area (Å²) in [4.78, 5) is 14.1. The first-order chi connectivity index (χ1) is 8.66. The van der Waals surface area contributed by atoms with Gasteiger partial charge in [-0.1, -0.05) is 22.0 Å². The van der Waals surface area contributed by atoms with Crippen molar-refractivity contribution in [1.29, 1.82) is 0 Å². The van der Waals surface area contributed by atoms with E-state index < -0.39 is 6.10 Å². The first-order valence-corrected chi connectivity index (χ1v) is 7.17. The van der Waals surface area contributed by atoms with Crippen molar-refractivity contribution in [2.75, 3.05) is 13.1 Å². The maximum atomic E-state index is 12.2. The molecule has 0 aromatic heterocycles. The largest absolute Gasteiger partial charge is 0.481 e. The average molecular weight is 312 g/mol. The van der Waals surface area contributed by atoms with Gasteiger partial charge in [0, 0.05) is 17.6 Å². The van der Waals surface area contributed by atoms with E-state index in [2.05, 4.69) is 15.9 Å². The minimum absolute atomic E-state index is 0.0923. The molecule has 0 aliphatic carbocycles. The van der Waals surface area contributed by atoms with Crippen LogP contribution < -0.4 is 4.74 Å². The Labute approximate surface area is 116 Å². The summed E-state index contributed by atoms with van der Waals surface area (Å²) in [6.45, 7) is 3.55. The van der Waals surface area contributed by atoms with E-state index >= 15 is 0 Å². The topological polar surface area (TPSA) is 29.5 Å². The van der Waals surface area contributed by atoms with Gasteiger partial charge in [0.25, 0.3) is 5.91 Å². The standard InChI is InChI=1S/C14H18BrNO2/c1-11(14(17)16-8-3-2-4-9-16)18-13-7-5-6-12(15)10-13/h5-7,10-11H,2-4,8-9H2,1H3/t11-/m0/s1. The number of piperidine rings is 1. The Balaban J connectivity index is 1.94. The van der Waals surface area contributed by atoms with Crippen LogP contribution in [0.25, 0.3) is 0 Å². The molecule has 1 fully saturated rings. The van der Waals surface area contributed by atoms with Crippen LogP contribution in [0.3, 0.4) is 0 Å². The van der Waals surface area contributed by atoms with Gasteiger partial charge in [-0.25, -0.2) is 0 Å². The lowest BCUT2D eigenvalue weighted by Gasteiger charge is -2.29. The van der Waals surface area contributed by atoms with Gasteiger partial charge in [-0.3, -0.25) is 4.79 Å². The van der Waals surface area contributed by atoms with Gasteiger partial charge in [0.2, 0.25) is 0 Å². The fraction of sp³-hybridized carbons (Fsp3) is 0.500. The Bertz CT molecular complexity index is 416. The number of amides is 1. The van der Waals surface area contributed by atoms with Gasteiger partial charge in [0.05, 0.1) is 0 Å². The third kappa shape index (κ3) is 3.48. The summed E-state index contributed by atoms with van der Waals surface area (Å²) >= 11 is 3.39. The quantitative estimate of drug-likeness (QED) is 0.857. The number of hydrogen-bond donors (Lipinski definition) is 0. The van der Waals surface area contributed by atoms with Crippen LogP contribution >= 0.6 is 15.9 Å². The van der Waals surface area contributed by atoms with E-state index in [0.29, 0.717) is 0 Å². The van der Waals surface area contributed by atoms with Crippen LogP contribution in [0.4, 0.5) is 0 Å². The second kappa shape index (κ2) is 6.23. The molecule has 18 heavy (non-hydrogen) atoms. The second-order valence-corrected chi connectivity index (χ2v) is 5.52. The van der Waals surface area contributed by atoms with E-state index in [9.17, 15) is 4.79 Å². The van der Waals surface area contributed by atoms with E-state index in [1.807, 2.05) is 36.1 Å². The summed E-state index contributed by atoms with van der Waals surface area (Å²) in [7, 11) is 0. The van der Waals surface area contributed by atoms with E-state index in [1.54, 1.807) is 0 Å². The minimum atomic E-state index is -0.419. The molecule has 1 atom stereocenters. The highest BCUT2D eigenvalue weighted by molar-refractivity contribution is 9.10. The number of hydrogen-bond acceptors (Lipinski definition) is 2. The van der Waals surface area contributed by atoms with Crippen molar-refractivity contribution < 1.29 is 9.53 Å². The predicted octanol–water partition coefficient (Wildman–Crippen LogP) is 3.23. The SMILES string of the molecule is C[C@H](Oc1cccc(Br)c1)C(=O)N1CCCCC1. The smallest absolute Gasteiger partial charge is 0.263 e. The molecular weight excluding hydrogens is 294 g/mol. The number of halogens is 1. The van der Waals surface area contributed by atoms with Gasteiger partial charge in [-0.2, -0.15) is 0 Å². The molecule has 98 valence electrons. The lowest BCUT2D eigenvalue weighted by Crippen LogP contribution is -2.43. The molecule has 1 amide bonds. The molecule has 1 aliphatic heterocycles. The third-order valence-corrected chi connectivity index (χ3v) is 3.62. The van der Waals surface area contributed by atoms with Crippen molar-refractivity contribution in [2.45, 2.75) is 32.3 Å². The average Bonchev–Trinajstić information content (AvgIpc) is 2.39. The van der Waals surface area contributed by atoms with Crippen LogP contribution in [0, 0.1) is 0 Å². The summed E-state index contributed by atoms with van der Waals surface area (Å²) in [6, 6.07) is 7.58. The van der Waals surface area contributed by atoms with Gasteiger partial charge >= 0.3 is 0 Å². The zero-order chi connectivity index (χ0) is 13.0. The molecule has 0 unspecified atom stereocenters. The number of ether oxygens (including phenoxy) is 1. The fourth-order valence-corrected chi connectivity index (χ4v) is 2.54. The molecule has 1 heterocycles. The minimum Gasteiger partial charge on any atom is -0.481 e. The molecule has 1 aromatic rings. The van der Waals surface area contributed by atoms with Gasteiger partial charge < -0.3 is 9.64 Å². The number of carbonyl (C=O) groups excluding carboxylic acids is 1.